The number of aromatic amines is 1. The number of anilines is 1. The largest absolute Gasteiger partial charge is 0.375 e. The monoisotopic (exact) mass is 281 g/mol. The van der Waals surface area contributed by atoms with Crippen molar-refractivity contribution in [2.45, 2.75) is 12.8 Å². The first-order valence-corrected chi connectivity index (χ1v) is 7.69. The summed E-state index contributed by atoms with van der Waals surface area (Å²) in [5, 5.41) is 7.00. The molecule has 0 fully saturated rings. The van der Waals surface area contributed by atoms with Crippen LogP contribution in [0.15, 0.2) is 30.5 Å². The maximum Gasteiger partial charge on any atom is 0.118 e. The summed E-state index contributed by atoms with van der Waals surface area (Å²) in [6, 6.07) is 8.35. The van der Waals surface area contributed by atoms with Gasteiger partial charge in [0.1, 0.15) is 10.0 Å². The zero-order chi connectivity index (χ0) is 13.4. The molecule has 20 heavy (non-hydrogen) atoms. The summed E-state index contributed by atoms with van der Waals surface area (Å²) in [5.74, 6) is 0. The van der Waals surface area contributed by atoms with E-state index in [-0.39, 0.29) is 0 Å². The van der Waals surface area contributed by atoms with Gasteiger partial charge in [0, 0.05) is 23.6 Å². The first kappa shape index (κ1) is 11.7. The Morgan fingerprint density at radius 3 is 3.10 bits per heavy atom. The van der Waals surface area contributed by atoms with Crippen LogP contribution >= 0.6 is 11.3 Å². The van der Waals surface area contributed by atoms with Crippen LogP contribution in [0.1, 0.15) is 22.7 Å². The Kier molecular flexibility index (Phi) is 2.81. The van der Waals surface area contributed by atoms with E-state index < -0.39 is 0 Å². The van der Waals surface area contributed by atoms with E-state index in [2.05, 4.69) is 45.6 Å². The molecule has 0 amide bonds. The lowest BCUT2D eigenvalue weighted by Gasteiger charge is -2.10. The molecule has 0 saturated heterocycles. The highest BCUT2D eigenvalue weighted by atomic mass is 32.1. The molecule has 1 aliphatic rings. The van der Waals surface area contributed by atoms with Crippen molar-refractivity contribution < 1.29 is 0 Å². The molecule has 0 spiro atoms. The van der Waals surface area contributed by atoms with Gasteiger partial charge in [0.15, 0.2) is 0 Å². The van der Waals surface area contributed by atoms with Gasteiger partial charge in [-0.05, 0) is 36.6 Å². The lowest BCUT2D eigenvalue weighted by molar-refractivity contribution is 0.813. The molecule has 0 aliphatic carbocycles. The Hall–Kier alpha value is -2.07. The fourth-order valence-electron chi connectivity index (χ4n) is 2.60. The number of rotatable bonds is 2. The summed E-state index contributed by atoms with van der Waals surface area (Å²) in [7, 11) is 0. The molecule has 2 aromatic heterocycles. The Bertz CT molecular complexity index is 758. The Labute approximate surface area is 121 Å². The minimum atomic E-state index is 1.07. The van der Waals surface area contributed by atoms with Gasteiger partial charge in [-0.3, -0.25) is 0 Å². The molecule has 2 N–H and O–H groups in total. The molecule has 0 saturated carbocycles. The second-order valence-electron chi connectivity index (χ2n) is 4.98. The van der Waals surface area contributed by atoms with Crippen LogP contribution in [-0.4, -0.2) is 16.5 Å². The summed E-state index contributed by atoms with van der Waals surface area (Å²) < 4.78 is 0. The first-order valence-electron chi connectivity index (χ1n) is 6.88. The van der Waals surface area contributed by atoms with E-state index in [4.69, 9.17) is 0 Å². The van der Waals surface area contributed by atoms with Gasteiger partial charge in [0.2, 0.25) is 0 Å². The normalized spacial score (nSPS) is 14.6. The number of hydrogen-bond donors (Lipinski definition) is 2. The number of thiazole rings is 1. The number of fused-ring (bicyclic) bond motifs is 2. The van der Waals surface area contributed by atoms with Crippen LogP contribution in [0.4, 0.5) is 5.00 Å². The summed E-state index contributed by atoms with van der Waals surface area (Å²) >= 11 is 1.74. The predicted molar refractivity (Wildman–Crippen MR) is 86.2 cm³/mol. The SMILES string of the molecule is C(=Cc1c[nH]c2ccccc12)c1nc2c(s1)NCCC2. The maximum absolute atomic E-state index is 4.69. The van der Waals surface area contributed by atoms with Crippen LogP contribution < -0.4 is 5.32 Å². The van der Waals surface area contributed by atoms with E-state index in [0.29, 0.717) is 0 Å². The summed E-state index contributed by atoms with van der Waals surface area (Å²) in [6.07, 6.45) is 8.58. The Morgan fingerprint density at radius 2 is 2.15 bits per heavy atom. The standard InChI is InChI=1S/C16H15N3S/c1-2-5-13-12(4-1)11(10-18-13)7-8-15-19-14-6-3-9-17-16(14)20-15/h1-2,4-5,7-8,10,17-18H,3,6,9H2. The van der Waals surface area contributed by atoms with Crippen molar-refractivity contribution in [2.75, 3.05) is 11.9 Å². The van der Waals surface area contributed by atoms with Crippen molar-refractivity contribution in [3.05, 3.63) is 46.7 Å². The zero-order valence-electron chi connectivity index (χ0n) is 11.0. The molecule has 0 bridgehead atoms. The first-order chi connectivity index (χ1) is 9.90. The molecule has 3 heterocycles. The van der Waals surface area contributed by atoms with Gasteiger partial charge in [-0.1, -0.05) is 29.5 Å². The second-order valence-corrected chi connectivity index (χ2v) is 6.01. The number of aryl methyl sites for hydroxylation is 1. The van der Waals surface area contributed by atoms with Crippen LogP contribution in [0, 0.1) is 0 Å². The molecule has 3 aromatic rings. The fourth-order valence-corrected chi connectivity index (χ4v) is 3.54. The zero-order valence-corrected chi connectivity index (χ0v) is 11.8. The molecule has 3 nitrogen and oxygen atoms in total. The van der Waals surface area contributed by atoms with Gasteiger partial charge >= 0.3 is 0 Å². The number of nitrogens with one attached hydrogen (secondary N) is 2. The van der Waals surface area contributed by atoms with Crippen molar-refractivity contribution in [3.8, 4) is 0 Å². The van der Waals surface area contributed by atoms with Crippen LogP contribution in [-0.2, 0) is 6.42 Å². The third kappa shape index (κ3) is 2.02. The van der Waals surface area contributed by atoms with Gasteiger partial charge in [0.25, 0.3) is 0 Å². The second kappa shape index (κ2) is 4.80. The highest BCUT2D eigenvalue weighted by Gasteiger charge is 2.13. The van der Waals surface area contributed by atoms with Crippen LogP contribution in [0.25, 0.3) is 23.1 Å². The van der Waals surface area contributed by atoms with E-state index in [1.54, 1.807) is 11.3 Å². The lowest BCUT2D eigenvalue weighted by Crippen LogP contribution is -2.09. The number of nitrogens with zero attached hydrogens (tertiary/aromatic N) is 1. The molecule has 1 aromatic carbocycles. The van der Waals surface area contributed by atoms with Crippen LogP contribution in [0.3, 0.4) is 0 Å². The van der Waals surface area contributed by atoms with Crippen molar-refractivity contribution in [3.63, 3.8) is 0 Å². The van der Waals surface area contributed by atoms with Crippen molar-refractivity contribution >= 4 is 39.4 Å². The third-order valence-corrected chi connectivity index (χ3v) is 4.64. The summed E-state index contributed by atoms with van der Waals surface area (Å²) in [4.78, 5) is 7.98. The highest BCUT2D eigenvalue weighted by molar-refractivity contribution is 7.16. The van der Waals surface area contributed by atoms with Gasteiger partial charge in [-0.15, -0.1) is 0 Å². The maximum atomic E-state index is 4.69. The van der Waals surface area contributed by atoms with E-state index in [1.807, 2.05) is 12.3 Å². The van der Waals surface area contributed by atoms with Gasteiger partial charge in [-0.2, -0.15) is 0 Å². The number of benzene rings is 1. The van der Waals surface area contributed by atoms with Gasteiger partial charge in [-0.25, -0.2) is 4.98 Å². The number of H-pyrrole nitrogens is 1. The van der Waals surface area contributed by atoms with Crippen molar-refractivity contribution in [1.29, 1.82) is 0 Å². The van der Waals surface area contributed by atoms with Crippen molar-refractivity contribution in [1.82, 2.24) is 9.97 Å². The Morgan fingerprint density at radius 1 is 1.20 bits per heavy atom. The van der Waals surface area contributed by atoms with E-state index in [9.17, 15) is 0 Å². The molecule has 4 rings (SSSR count). The van der Waals surface area contributed by atoms with Crippen LogP contribution in [0.5, 0.6) is 0 Å². The molecule has 4 heteroatoms. The van der Waals surface area contributed by atoms with E-state index in [0.717, 1.165) is 18.0 Å². The number of hydrogen-bond acceptors (Lipinski definition) is 3. The summed E-state index contributed by atoms with van der Waals surface area (Å²) in [5.41, 5.74) is 3.61. The molecule has 0 atom stereocenters. The highest BCUT2D eigenvalue weighted by Crippen LogP contribution is 2.30. The Balaban J connectivity index is 1.66. The molecule has 0 unspecified atom stereocenters. The molecule has 1 aliphatic heterocycles. The van der Waals surface area contributed by atoms with Crippen molar-refractivity contribution in [2.24, 2.45) is 0 Å². The topological polar surface area (TPSA) is 40.7 Å². The molecular formula is C16H15N3S. The minimum absolute atomic E-state index is 1.07. The van der Waals surface area contributed by atoms with E-state index >= 15 is 0 Å². The number of para-hydroxylation sites is 1. The fraction of sp³-hybridized carbons (Fsp3) is 0.188. The quantitative estimate of drug-likeness (QED) is 0.740. The minimum Gasteiger partial charge on any atom is -0.375 e. The smallest absolute Gasteiger partial charge is 0.118 e. The molecule has 100 valence electrons. The average Bonchev–Trinajstić information content (AvgIpc) is 3.08. The summed E-state index contributed by atoms with van der Waals surface area (Å²) in [6.45, 7) is 1.07. The predicted octanol–water partition coefficient (Wildman–Crippen LogP) is 4.15. The molecule has 0 radical (unpaired) electrons. The van der Waals surface area contributed by atoms with Gasteiger partial charge in [0.05, 0.1) is 5.69 Å². The van der Waals surface area contributed by atoms with Gasteiger partial charge < -0.3 is 10.3 Å². The van der Waals surface area contributed by atoms with E-state index in [1.165, 1.54) is 33.6 Å². The van der Waals surface area contributed by atoms with Crippen LogP contribution in [0.2, 0.25) is 0 Å². The average molecular weight is 281 g/mol. The molecular weight excluding hydrogens is 266 g/mol. The lowest BCUT2D eigenvalue weighted by atomic mass is 10.1. The number of aromatic nitrogens is 2. The third-order valence-electron chi connectivity index (χ3n) is 3.62.